The number of amides is 2. The molecule has 29 heavy (non-hydrogen) atoms. The SMILES string of the molecule is C=C(CC(=O)C(=O)C=NC(=O)[C@@H]1[C@@H](C)CCN1C(=O)C(C)(N)C(C)(C)C)C1CC1. The zero-order valence-corrected chi connectivity index (χ0v) is 18.2. The van der Waals surface area contributed by atoms with Crippen LogP contribution in [0.25, 0.3) is 0 Å². The molecule has 1 heterocycles. The molecule has 1 saturated carbocycles. The highest BCUT2D eigenvalue weighted by atomic mass is 16.2. The Morgan fingerprint density at radius 1 is 1.14 bits per heavy atom. The van der Waals surface area contributed by atoms with Crippen LogP contribution in [0.1, 0.15) is 60.3 Å². The van der Waals surface area contributed by atoms with Crippen LogP contribution in [0, 0.1) is 17.3 Å². The number of rotatable bonds is 7. The van der Waals surface area contributed by atoms with Crippen molar-refractivity contribution in [1.29, 1.82) is 0 Å². The lowest BCUT2D eigenvalue weighted by Gasteiger charge is -2.41. The standard InChI is InChI=1S/C22H33N3O4/c1-13-9-10-25(20(29)22(6,23)21(3,4)5)18(13)19(28)24-12-17(27)16(26)11-14(2)15-7-8-15/h12-13,15,18H,2,7-11,23H2,1,3-6H3/t13-,18-,22?/m0/s1. The minimum absolute atomic E-state index is 0.00867. The first kappa shape index (κ1) is 23.1. The summed E-state index contributed by atoms with van der Waals surface area (Å²) < 4.78 is 0. The van der Waals surface area contributed by atoms with E-state index in [1.165, 1.54) is 4.90 Å². The first-order chi connectivity index (χ1) is 13.3. The van der Waals surface area contributed by atoms with Gasteiger partial charge in [0.15, 0.2) is 0 Å². The van der Waals surface area contributed by atoms with E-state index in [1.54, 1.807) is 6.92 Å². The molecule has 3 atom stereocenters. The van der Waals surface area contributed by atoms with Crippen LogP contribution < -0.4 is 5.73 Å². The van der Waals surface area contributed by atoms with E-state index in [-0.39, 0.29) is 18.2 Å². The van der Waals surface area contributed by atoms with Gasteiger partial charge >= 0.3 is 0 Å². The summed E-state index contributed by atoms with van der Waals surface area (Å²) in [7, 11) is 0. The second-order valence-electron chi connectivity index (χ2n) is 9.65. The minimum Gasteiger partial charge on any atom is -0.329 e. The molecule has 2 rings (SSSR count). The van der Waals surface area contributed by atoms with E-state index in [2.05, 4.69) is 11.6 Å². The Bertz CT molecular complexity index is 757. The number of hydrogen-bond acceptors (Lipinski definition) is 5. The van der Waals surface area contributed by atoms with Gasteiger partial charge in [0.2, 0.25) is 17.5 Å². The van der Waals surface area contributed by atoms with Crippen LogP contribution in [0.2, 0.25) is 0 Å². The molecule has 0 aromatic carbocycles. The van der Waals surface area contributed by atoms with Gasteiger partial charge in [-0.25, -0.2) is 4.99 Å². The Morgan fingerprint density at radius 3 is 2.24 bits per heavy atom. The molecule has 2 fully saturated rings. The van der Waals surface area contributed by atoms with E-state index >= 15 is 0 Å². The lowest BCUT2D eigenvalue weighted by Crippen LogP contribution is -2.62. The van der Waals surface area contributed by atoms with E-state index in [4.69, 9.17) is 5.73 Å². The molecule has 0 aromatic rings. The maximum atomic E-state index is 13.1. The molecule has 0 radical (unpaired) electrons. The molecule has 2 aliphatic rings. The first-order valence-electron chi connectivity index (χ1n) is 10.2. The maximum absolute atomic E-state index is 13.1. The van der Waals surface area contributed by atoms with Crippen LogP contribution >= 0.6 is 0 Å². The second-order valence-corrected chi connectivity index (χ2v) is 9.65. The number of nitrogens with two attached hydrogens (primary N) is 1. The number of carbonyl (C=O) groups excluding carboxylic acids is 4. The van der Waals surface area contributed by atoms with Crippen molar-refractivity contribution in [3.05, 3.63) is 12.2 Å². The number of ketones is 2. The highest BCUT2D eigenvalue weighted by Gasteiger charge is 2.48. The Hall–Kier alpha value is -2.15. The molecule has 1 saturated heterocycles. The molecule has 0 spiro atoms. The summed E-state index contributed by atoms with van der Waals surface area (Å²) in [6.07, 6.45) is 3.43. The van der Waals surface area contributed by atoms with Crippen molar-refractivity contribution in [1.82, 2.24) is 4.90 Å². The quantitative estimate of drug-likeness (QED) is 0.397. The van der Waals surface area contributed by atoms with Crippen molar-refractivity contribution in [2.45, 2.75) is 71.9 Å². The zero-order chi connectivity index (χ0) is 22.1. The van der Waals surface area contributed by atoms with Gasteiger partial charge in [0.05, 0.1) is 11.8 Å². The molecule has 2 N–H and O–H groups in total. The van der Waals surface area contributed by atoms with Crippen LogP contribution in [0.5, 0.6) is 0 Å². The lowest BCUT2D eigenvalue weighted by atomic mass is 9.74. The minimum atomic E-state index is -1.16. The van der Waals surface area contributed by atoms with E-state index in [9.17, 15) is 19.2 Å². The lowest BCUT2D eigenvalue weighted by molar-refractivity contribution is -0.145. The monoisotopic (exact) mass is 403 g/mol. The number of nitrogens with zero attached hydrogens (tertiary/aromatic N) is 2. The molecule has 160 valence electrons. The fourth-order valence-electron chi connectivity index (χ4n) is 3.37. The van der Waals surface area contributed by atoms with Gasteiger partial charge in [-0.3, -0.25) is 19.2 Å². The third kappa shape index (κ3) is 5.07. The average molecular weight is 404 g/mol. The number of hydrogen-bond donors (Lipinski definition) is 1. The summed E-state index contributed by atoms with van der Waals surface area (Å²) in [6, 6.07) is -0.784. The maximum Gasteiger partial charge on any atom is 0.268 e. The van der Waals surface area contributed by atoms with E-state index in [0.29, 0.717) is 18.9 Å². The van der Waals surface area contributed by atoms with Crippen LogP contribution in [0.3, 0.4) is 0 Å². The Kier molecular flexibility index (Phi) is 6.62. The molecule has 0 aromatic heterocycles. The van der Waals surface area contributed by atoms with Crippen LogP contribution in [-0.2, 0) is 19.2 Å². The molecular formula is C22H33N3O4. The summed E-state index contributed by atoms with van der Waals surface area (Å²) in [4.78, 5) is 55.0. The molecule has 1 aliphatic heterocycles. The van der Waals surface area contributed by atoms with E-state index < -0.39 is 34.5 Å². The normalized spacial score (nSPS) is 24.4. The largest absolute Gasteiger partial charge is 0.329 e. The van der Waals surface area contributed by atoms with Gasteiger partial charge in [-0.15, -0.1) is 0 Å². The molecule has 7 nitrogen and oxygen atoms in total. The topological polar surface area (TPSA) is 110 Å². The van der Waals surface area contributed by atoms with Crippen molar-refractivity contribution in [3.8, 4) is 0 Å². The van der Waals surface area contributed by atoms with Gasteiger partial charge in [0, 0.05) is 13.0 Å². The van der Waals surface area contributed by atoms with Gasteiger partial charge < -0.3 is 10.6 Å². The first-order valence-corrected chi connectivity index (χ1v) is 10.2. The number of aliphatic imine (C=N–C) groups is 1. The summed E-state index contributed by atoms with van der Waals surface area (Å²) in [6.45, 7) is 13.4. The summed E-state index contributed by atoms with van der Waals surface area (Å²) in [5, 5.41) is 0. The zero-order valence-electron chi connectivity index (χ0n) is 18.2. The molecule has 1 unspecified atom stereocenters. The summed E-state index contributed by atoms with van der Waals surface area (Å²) in [5.41, 5.74) is 5.41. The molecule has 0 bridgehead atoms. The fraction of sp³-hybridized carbons (Fsp3) is 0.682. The number of Topliss-reactive ketones (excluding diaryl/α,β-unsaturated/α-hetero) is 2. The van der Waals surface area contributed by atoms with Crippen molar-refractivity contribution in [2.75, 3.05) is 6.54 Å². The third-order valence-corrected chi connectivity index (χ3v) is 6.34. The van der Waals surface area contributed by atoms with Gasteiger partial charge in [-0.1, -0.05) is 39.8 Å². The van der Waals surface area contributed by atoms with E-state index in [1.807, 2.05) is 27.7 Å². The highest BCUT2D eigenvalue weighted by molar-refractivity contribution is 6.59. The fourth-order valence-corrected chi connectivity index (χ4v) is 3.37. The van der Waals surface area contributed by atoms with Crippen LogP contribution in [-0.4, -0.2) is 52.6 Å². The Morgan fingerprint density at radius 2 is 1.72 bits per heavy atom. The van der Waals surface area contributed by atoms with Crippen LogP contribution in [0.15, 0.2) is 17.1 Å². The number of allylic oxidation sites excluding steroid dienone is 1. The van der Waals surface area contributed by atoms with Crippen LogP contribution in [0.4, 0.5) is 0 Å². The summed E-state index contributed by atoms with van der Waals surface area (Å²) in [5.74, 6) is -2.13. The van der Waals surface area contributed by atoms with Crippen molar-refractivity contribution >= 4 is 29.6 Å². The van der Waals surface area contributed by atoms with Gasteiger partial charge in [0.1, 0.15) is 6.04 Å². The van der Waals surface area contributed by atoms with Crippen molar-refractivity contribution < 1.29 is 19.2 Å². The van der Waals surface area contributed by atoms with E-state index in [0.717, 1.165) is 24.6 Å². The highest BCUT2D eigenvalue weighted by Crippen LogP contribution is 2.37. The van der Waals surface area contributed by atoms with Crippen molar-refractivity contribution in [3.63, 3.8) is 0 Å². The van der Waals surface area contributed by atoms with Crippen molar-refractivity contribution in [2.24, 2.45) is 28.0 Å². The molecule has 1 aliphatic carbocycles. The number of likely N-dealkylation sites (tertiary alicyclic amines) is 1. The Balaban J connectivity index is 2.07. The Labute approximate surface area is 172 Å². The smallest absolute Gasteiger partial charge is 0.268 e. The predicted molar refractivity (Wildman–Crippen MR) is 111 cm³/mol. The van der Waals surface area contributed by atoms with Gasteiger partial charge in [0.25, 0.3) is 5.91 Å². The summed E-state index contributed by atoms with van der Waals surface area (Å²) >= 11 is 0. The second kappa shape index (κ2) is 8.30. The molecule has 7 heteroatoms. The number of carbonyl (C=O) groups is 4. The van der Waals surface area contributed by atoms with Gasteiger partial charge in [-0.2, -0.15) is 0 Å². The third-order valence-electron chi connectivity index (χ3n) is 6.34. The predicted octanol–water partition coefficient (Wildman–Crippen LogP) is 2.08. The van der Waals surface area contributed by atoms with Gasteiger partial charge in [-0.05, 0) is 43.4 Å². The average Bonchev–Trinajstić information content (AvgIpc) is 3.40. The molecule has 2 amide bonds. The molecular weight excluding hydrogens is 370 g/mol.